The highest BCUT2D eigenvalue weighted by Crippen LogP contribution is 2.30. The summed E-state index contributed by atoms with van der Waals surface area (Å²) in [5, 5.41) is 26.7. The summed E-state index contributed by atoms with van der Waals surface area (Å²) in [6.45, 7) is 0. The highest BCUT2D eigenvalue weighted by molar-refractivity contribution is 5.73. The Morgan fingerprint density at radius 2 is 2.33 bits per heavy atom. The number of aryl methyl sites for hydroxylation is 1. The average molecular weight is 243 g/mol. The maximum absolute atomic E-state index is 11.0. The van der Waals surface area contributed by atoms with Gasteiger partial charge in [-0.15, -0.1) is 0 Å². The van der Waals surface area contributed by atoms with Crippen LogP contribution in [0, 0.1) is 21.4 Å². The Kier molecular flexibility index (Phi) is 2.93. The third-order valence-corrected chi connectivity index (χ3v) is 2.32. The van der Waals surface area contributed by atoms with Gasteiger partial charge in [-0.3, -0.25) is 14.8 Å². The van der Waals surface area contributed by atoms with Crippen LogP contribution in [0.25, 0.3) is 0 Å². The molecule has 0 saturated heterocycles. The quantitative estimate of drug-likeness (QED) is 0.656. The van der Waals surface area contributed by atoms with Crippen molar-refractivity contribution in [3.63, 3.8) is 0 Å². The summed E-state index contributed by atoms with van der Waals surface area (Å²) in [7, 11) is 1.74. The van der Waals surface area contributed by atoms with Gasteiger partial charge in [0.15, 0.2) is 0 Å². The van der Waals surface area contributed by atoms with Crippen LogP contribution in [0.4, 0.5) is 17.1 Å². The highest BCUT2D eigenvalue weighted by Gasteiger charge is 2.19. The topological polar surface area (TPSA) is 96.8 Å². The van der Waals surface area contributed by atoms with Crippen molar-refractivity contribution in [1.82, 2.24) is 9.78 Å². The first-order valence-electron chi connectivity index (χ1n) is 5.05. The Balaban J connectivity index is 2.45. The van der Waals surface area contributed by atoms with Crippen molar-refractivity contribution >= 4 is 17.1 Å². The second-order valence-corrected chi connectivity index (χ2v) is 3.60. The smallest absolute Gasteiger partial charge is 0.310 e. The van der Waals surface area contributed by atoms with E-state index < -0.39 is 4.92 Å². The lowest BCUT2D eigenvalue weighted by Crippen LogP contribution is -1.99. The fraction of sp³-hybridized carbons (Fsp3) is 0.0909. The largest absolute Gasteiger partial charge is 0.347 e. The Morgan fingerprint density at radius 3 is 2.89 bits per heavy atom. The van der Waals surface area contributed by atoms with Crippen LogP contribution in [-0.4, -0.2) is 14.7 Å². The zero-order chi connectivity index (χ0) is 13.1. The predicted octanol–water partition coefficient (Wildman–Crippen LogP) is 1.94. The van der Waals surface area contributed by atoms with Crippen molar-refractivity contribution in [2.24, 2.45) is 7.05 Å². The molecule has 0 radical (unpaired) electrons. The molecule has 1 aromatic heterocycles. The van der Waals surface area contributed by atoms with Gasteiger partial charge in [-0.25, -0.2) is 0 Å². The molecule has 0 spiro atoms. The van der Waals surface area contributed by atoms with Gasteiger partial charge in [-0.2, -0.15) is 10.4 Å². The summed E-state index contributed by atoms with van der Waals surface area (Å²) >= 11 is 0. The fourth-order valence-electron chi connectivity index (χ4n) is 1.57. The minimum atomic E-state index is -0.572. The van der Waals surface area contributed by atoms with Crippen LogP contribution in [0.15, 0.2) is 30.6 Å². The third kappa shape index (κ3) is 2.12. The van der Waals surface area contributed by atoms with Gasteiger partial charge < -0.3 is 5.32 Å². The third-order valence-electron chi connectivity index (χ3n) is 2.32. The minimum Gasteiger partial charge on any atom is -0.347 e. The SMILES string of the molecule is Cn1cc(Nc2cccc(C#N)c2[N+](=O)[O-])cn1. The molecule has 0 fully saturated rings. The van der Waals surface area contributed by atoms with E-state index in [1.54, 1.807) is 42.3 Å². The van der Waals surface area contributed by atoms with E-state index in [4.69, 9.17) is 5.26 Å². The molecule has 90 valence electrons. The van der Waals surface area contributed by atoms with E-state index in [1.807, 2.05) is 0 Å². The zero-order valence-electron chi connectivity index (χ0n) is 9.49. The van der Waals surface area contributed by atoms with Crippen molar-refractivity contribution < 1.29 is 4.92 Å². The summed E-state index contributed by atoms with van der Waals surface area (Å²) in [6, 6.07) is 6.35. The Bertz CT molecular complexity index is 641. The van der Waals surface area contributed by atoms with Gasteiger partial charge in [0, 0.05) is 13.2 Å². The van der Waals surface area contributed by atoms with E-state index in [0.717, 1.165) is 0 Å². The van der Waals surface area contributed by atoms with Gasteiger partial charge in [0.1, 0.15) is 17.3 Å². The maximum atomic E-state index is 11.0. The van der Waals surface area contributed by atoms with E-state index in [1.165, 1.54) is 6.07 Å². The van der Waals surface area contributed by atoms with E-state index in [0.29, 0.717) is 5.69 Å². The molecule has 0 amide bonds. The normalized spacial score (nSPS) is 9.78. The van der Waals surface area contributed by atoms with Crippen LogP contribution in [-0.2, 0) is 7.05 Å². The number of nitrogens with one attached hydrogen (secondary N) is 1. The summed E-state index contributed by atoms with van der Waals surface area (Å²) in [5.41, 5.74) is 0.681. The summed E-state index contributed by atoms with van der Waals surface area (Å²) in [4.78, 5) is 10.4. The lowest BCUT2D eigenvalue weighted by atomic mass is 10.1. The molecular formula is C11H9N5O2. The molecule has 0 atom stereocenters. The number of nitro benzene ring substituents is 1. The monoisotopic (exact) mass is 243 g/mol. The number of nitriles is 1. The van der Waals surface area contributed by atoms with Crippen LogP contribution in [0.3, 0.4) is 0 Å². The zero-order valence-corrected chi connectivity index (χ0v) is 9.49. The van der Waals surface area contributed by atoms with Gasteiger partial charge in [-0.1, -0.05) is 6.07 Å². The first-order valence-corrected chi connectivity index (χ1v) is 5.05. The Hall–Kier alpha value is -2.88. The summed E-state index contributed by atoms with van der Waals surface area (Å²) < 4.78 is 1.57. The first kappa shape index (κ1) is 11.6. The number of aromatic nitrogens is 2. The van der Waals surface area contributed by atoms with Crippen LogP contribution in [0.5, 0.6) is 0 Å². The highest BCUT2D eigenvalue weighted by atomic mass is 16.6. The molecule has 7 heteroatoms. The minimum absolute atomic E-state index is 0.0221. The number of anilines is 2. The number of nitrogens with zero attached hydrogens (tertiary/aromatic N) is 4. The summed E-state index contributed by atoms with van der Waals surface area (Å²) in [6.07, 6.45) is 3.23. The van der Waals surface area contributed by atoms with Crippen LogP contribution in [0.2, 0.25) is 0 Å². The molecule has 0 bridgehead atoms. The van der Waals surface area contributed by atoms with E-state index in [-0.39, 0.29) is 16.9 Å². The average Bonchev–Trinajstić information content (AvgIpc) is 2.74. The lowest BCUT2D eigenvalue weighted by molar-refractivity contribution is -0.384. The Morgan fingerprint density at radius 1 is 1.56 bits per heavy atom. The lowest BCUT2D eigenvalue weighted by Gasteiger charge is -2.05. The molecule has 1 heterocycles. The molecule has 2 aromatic rings. The molecule has 0 aliphatic carbocycles. The van der Waals surface area contributed by atoms with Crippen molar-refractivity contribution in [3.05, 3.63) is 46.3 Å². The molecule has 0 aliphatic rings. The predicted molar refractivity (Wildman–Crippen MR) is 64.3 cm³/mol. The molecule has 0 aliphatic heterocycles. The van der Waals surface area contributed by atoms with E-state index in [9.17, 15) is 10.1 Å². The van der Waals surface area contributed by atoms with Crippen molar-refractivity contribution in [3.8, 4) is 6.07 Å². The number of para-hydroxylation sites is 1. The molecule has 0 saturated carbocycles. The van der Waals surface area contributed by atoms with Crippen molar-refractivity contribution in [1.29, 1.82) is 5.26 Å². The second kappa shape index (κ2) is 4.55. The summed E-state index contributed by atoms with van der Waals surface area (Å²) in [5.74, 6) is 0. The standard InChI is InChI=1S/C11H9N5O2/c1-15-7-9(6-13-15)14-10-4-2-3-8(5-12)11(10)16(17)18/h2-4,6-7,14H,1H3. The molecule has 1 N–H and O–H groups in total. The van der Waals surface area contributed by atoms with Crippen LogP contribution < -0.4 is 5.32 Å². The van der Waals surface area contributed by atoms with Gasteiger partial charge >= 0.3 is 5.69 Å². The number of nitro groups is 1. The fourth-order valence-corrected chi connectivity index (χ4v) is 1.57. The number of hydrogen-bond donors (Lipinski definition) is 1. The number of benzene rings is 1. The van der Waals surface area contributed by atoms with Crippen molar-refractivity contribution in [2.75, 3.05) is 5.32 Å². The van der Waals surface area contributed by atoms with Crippen LogP contribution >= 0.6 is 0 Å². The molecule has 2 rings (SSSR count). The van der Waals surface area contributed by atoms with Gasteiger partial charge in [0.2, 0.25) is 0 Å². The molecule has 1 aromatic carbocycles. The van der Waals surface area contributed by atoms with Gasteiger partial charge in [-0.05, 0) is 12.1 Å². The van der Waals surface area contributed by atoms with E-state index >= 15 is 0 Å². The first-order chi connectivity index (χ1) is 8.61. The molecule has 7 nitrogen and oxygen atoms in total. The number of rotatable bonds is 3. The van der Waals surface area contributed by atoms with Crippen LogP contribution in [0.1, 0.15) is 5.56 Å². The molecule has 0 unspecified atom stereocenters. The second-order valence-electron chi connectivity index (χ2n) is 3.60. The van der Waals surface area contributed by atoms with E-state index in [2.05, 4.69) is 10.4 Å². The number of hydrogen-bond acceptors (Lipinski definition) is 5. The van der Waals surface area contributed by atoms with Crippen molar-refractivity contribution in [2.45, 2.75) is 0 Å². The molecular weight excluding hydrogens is 234 g/mol. The maximum Gasteiger partial charge on any atom is 0.310 e. The van der Waals surface area contributed by atoms with Gasteiger partial charge in [0.25, 0.3) is 0 Å². The Labute approximate surface area is 102 Å². The molecule has 18 heavy (non-hydrogen) atoms. The van der Waals surface area contributed by atoms with Gasteiger partial charge in [0.05, 0.1) is 16.8 Å².